The first-order valence-electron chi connectivity index (χ1n) is 4.35. The van der Waals surface area contributed by atoms with Crippen LogP contribution >= 0.6 is 0 Å². The number of aliphatic hydroxyl groups excluding tert-OH is 1. The lowest BCUT2D eigenvalue weighted by molar-refractivity contribution is 0.248. The summed E-state index contributed by atoms with van der Waals surface area (Å²) in [5.74, 6) is -2.75. The lowest BCUT2D eigenvalue weighted by atomic mass is 9.96. The normalized spacial score (nSPS) is 18.3. The van der Waals surface area contributed by atoms with Gasteiger partial charge in [-0.15, -0.1) is 0 Å². The van der Waals surface area contributed by atoms with Crippen LogP contribution in [0.15, 0.2) is 12.1 Å². The van der Waals surface area contributed by atoms with E-state index in [1.54, 1.807) is 0 Å². The van der Waals surface area contributed by atoms with Gasteiger partial charge in [0, 0.05) is 23.1 Å². The summed E-state index contributed by atoms with van der Waals surface area (Å²) in [4.78, 5) is 0. The second-order valence-corrected chi connectivity index (χ2v) is 3.68. The largest absolute Gasteiger partial charge is 0.395 e. The highest BCUT2D eigenvalue weighted by Crippen LogP contribution is 2.49. The third kappa shape index (κ3) is 1.30. The molecule has 0 atom stereocenters. The average molecular weight is 202 g/mol. The van der Waals surface area contributed by atoms with Gasteiger partial charge in [-0.3, -0.25) is 0 Å². The van der Waals surface area contributed by atoms with Gasteiger partial charge in [0.15, 0.2) is 0 Å². The maximum absolute atomic E-state index is 13.2. The predicted octanol–water partition coefficient (Wildman–Crippen LogP) is 2.13. The second-order valence-electron chi connectivity index (χ2n) is 3.68. The number of halogens is 3. The molecule has 0 aromatic heterocycles. The van der Waals surface area contributed by atoms with Gasteiger partial charge >= 0.3 is 0 Å². The van der Waals surface area contributed by atoms with Crippen LogP contribution in [0.2, 0.25) is 0 Å². The lowest BCUT2D eigenvalue weighted by Crippen LogP contribution is -2.16. The van der Waals surface area contributed by atoms with Crippen LogP contribution in [0.1, 0.15) is 18.4 Å². The smallest absolute Gasteiger partial charge is 0.132 e. The third-order valence-corrected chi connectivity index (χ3v) is 2.69. The molecule has 0 radical (unpaired) electrons. The minimum absolute atomic E-state index is 0.179. The Hall–Kier alpha value is -1.03. The number of hydrogen-bond acceptors (Lipinski definition) is 1. The SMILES string of the molecule is OCC1(c2c(F)cc(F)cc2F)CC1. The quantitative estimate of drug-likeness (QED) is 0.778. The summed E-state index contributed by atoms with van der Waals surface area (Å²) in [5.41, 5.74) is -0.983. The maximum atomic E-state index is 13.2. The summed E-state index contributed by atoms with van der Waals surface area (Å²) in [7, 11) is 0. The van der Waals surface area contributed by atoms with E-state index in [4.69, 9.17) is 5.11 Å². The molecule has 0 unspecified atom stereocenters. The number of rotatable bonds is 2. The monoisotopic (exact) mass is 202 g/mol. The maximum Gasteiger partial charge on any atom is 0.132 e. The molecular weight excluding hydrogens is 193 g/mol. The average Bonchev–Trinajstić information content (AvgIpc) is 2.83. The Labute approximate surface area is 79.2 Å². The fourth-order valence-corrected chi connectivity index (χ4v) is 1.69. The van der Waals surface area contributed by atoms with E-state index in [-0.39, 0.29) is 12.2 Å². The fraction of sp³-hybridized carbons (Fsp3) is 0.400. The van der Waals surface area contributed by atoms with E-state index in [9.17, 15) is 13.2 Å². The van der Waals surface area contributed by atoms with E-state index in [0.717, 1.165) is 0 Å². The zero-order valence-corrected chi connectivity index (χ0v) is 7.36. The van der Waals surface area contributed by atoms with Crippen molar-refractivity contribution in [3.63, 3.8) is 0 Å². The second kappa shape index (κ2) is 2.98. The van der Waals surface area contributed by atoms with Crippen LogP contribution < -0.4 is 0 Å². The van der Waals surface area contributed by atoms with Crippen molar-refractivity contribution in [3.05, 3.63) is 35.1 Å². The zero-order chi connectivity index (χ0) is 10.3. The van der Waals surface area contributed by atoms with Gasteiger partial charge in [0.25, 0.3) is 0 Å². The Kier molecular flexibility index (Phi) is 2.03. The Balaban J connectivity index is 2.53. The first-order chi connectivity index (χ1) is 6.59. The first kappa shape index (κ1) is 9.52. The van der Waals surface area contributed by atoms with Crippen molar-refractivity contribution in [2.24, 2.45) is 0 Å². The summed E-state index contributed by atoms with van der Waals surface area (Å²) in [6.45, 7) is -0.299. The molecule has 2 rings (SSSR count). The first-order valence-corrected chi connectivity index (χ1v) is 4.35. The van der Waals surface area contributed by atoms with Gasteiger partial charge in [0.05, 0.1) is 6.61 Å². The van der Waals surface area contributed by atoms with Crippen molar-refractivity contribution in [1.29, 1.82) is 0 Å². The molecule has 1 N–H and O–H groups in total. The number of hydrogen-bond donors (Lipinski definition) is 1. The standard InChI is InChI=1S/C10H9F3O/c11-6-3-7(12)9(8(13)4-6)10(5-14)1-2-10/h3-4,14H,1-2,5H2. The van der Waals surface area contributed by atoms with Gasteiger partial charge in [-0.25, -0.2) is 13.2 Å². The minimum Gasteiger partial charge on any atom is -0.395 e. The molecule has 0 heterocycles. The summed E-state index contributed by atoms with van der Waals surface area (Å²) < 4.78 is 39.1. The topological polar surface area (TPSA) is 20.2 Å². The molecule has 1 aromatic carbocycles. The molecule has 0 amide bonds. The molecule has 4 heteroatoms. The zero-order valence-electron chi connectivity index (χ0n) is 7.36. The molecule has 14 heavy (non-hydrogen) atoms. The van der Waals surface area contributed by atoms with E-state index in [2.05, 4.69) is 0 Å². The van der Waals surface area contributed by atoms with Crippen molar-refractivity contribution in [3.8, 4) is 0 Å². The van der Waals surface area contributed by atoms with E-state index in [1.165, 1.54) is 0 Å². The van der Waals surface area contributed by atoms with Crippen LogP contribution in [-0.2, 0) is 5.41 Å². The summed E-state index contributed by atoms with van der Waals surface area (Å²) in [6, 6.07) is 1.29. The molecule has 1 aliphatic rings. The van der Waals surface area contributed by atoms with E-state index < -0.39 is 22.9 Å². The van der Waals surface area contributed by atoms with E-state index in [0.29, 0.717) is 25.0 Å². The van der Waals surface area contributed by atoms with Crippen LogP contribution in [0.4, 0.5) is 13.2 Å². The molecule has 0 bridgehead atoms. The van der Waals surface area contributed by atoms with Crippen LogP contribution in [0.5, 0.6) is 0 Å². The minimum atomic E-state index is -0.933. The molecule has 0 saturated heterocycles. The van der Waals surface area contributed by atoms with Gasteiger partial charge in [-0.1, -0.05) is 0 Å². The van der Waals surface area contributed by atoms with Crippen molar-refractivity contribution < 1.29 is 18.3 Å². The summed E-state index contributed by atoms with van der Waals surface area (Å²) >= 11 is 0. The summed E-state index contributed by atoms with van der Waals surface area (Å²) in [5, 5.41) is 9.00. The highest BCUT2D eigenvalue weighted by atomic mass is 19.1. The van der Waals surface area contributed by atoms with Crippen molar-refractivity contribution in [1.82, 2.24) is 0 Å². The van der Waals surface area contributed by atoms with Crippen LogP contribution in [0, 0.1) is 17.5 Å². The number of benzene rings is 1. The predicted molar refractivity (Wildman–Crippen MR) is 44.3 cm³/mol. The van der Waals surface area contributed by atoms with E-state index in [1.807, 2.05) is 0 Å². The molecule has 0 spiro atoms. The molecule has 76 valence electrons. The molecule has 1 fully saturated rings. The number of aliphatic hydroxyl groups is 1. The van der Waals surface area contributed by atoms with Gasteiger partial charge < -0.3 is 5.11 Å². The van der Waals surface area contributed by atoms with Gasteiger partial charge in [-0.05, 0) is 12.8 Å². The van der Waals surface area contributed by atoms with Crippen LogP contribution in [0.3, 0.4) is 0 Å². The molecule has 0 aliphatic heterocycles. The van der Waals surface area contributed by atoms with Crippen molar-refractivity contribution in [2.45, 2.75) is 18.3 Å². The lowest BCUT2D eigenvalue weighted by Gasteiger charge is -2.13. The molecule has 1 nitrogen and oxygen atoms in total. The van der Waals surface area contributed by atoms with E-state index >= 15 is 0 Å². The van der Waals surface area contributed by atoms with Crippen LogP contribution in [0.25, 0.3) is 0 Å². The highest BCUT2D eigenvalue weighted by Gasteiger charge is 2.47. The Morgan fingerprint density at radius 1 is 1.14 bits per heavy atom. The Morgan fingerprint density at radius 2 is 1.64 bits per heavy atom. The third-order valence-electron chi connectivity index (χ3n) is 2.69. The van der Waals surface area contributed by atoms with Gasteiger partial charge in [0.1, 0.15) is 17.5 Å². The Bertz CT molecular complexity index is 349. The summed E-state index contributed by atoms with van der Waals surface area (Å²) in [6.07, 6.45) is 1.09. The van der Waals surface area contributed by atoms with Crippen molar-refractivity contribution >= 4 is 0 Å². The van der Waals surface area contributed by atoms with Crippen LogP contribution in [-0.4, -0.2) is 11.7 Å². The van der Waals surface area contributed by atoms with Crippen molar-refractivity contribution in [2.75, 3.05) is 6.61 Å². The fourth-order valence-electron chi connectivity index (χ4n) is 1.69. The highest BCUT2D eigenvalue weighted by molar-refractivity contribution is 5.34. The molecule has 1 aromatic rings. The van der Waals surface area contributed by atoms with Gasteiger partial charge in [0.2, 0.25) is 0 Å². The molecular formula is C10H9F3O. The molecule has 1 saturated carbocycles. The Morgan fingerprint density at radius 3 is 2.00 bits per heavy atom. The molecule has 1 aliphatic carbocycles. The van der Waals surface area contributed by atoms with Gasteiger partial charge in [-0.2, -0.15) is 0 Å².